The van der Waals surface area contributed by atoms with Crippen LogP contribution in [0.1, 0.15) is 25.7 Å². The second kappa shape index (κ2) is 7.71. The first-order chi connectivity index (χ1) is 8.84. The zero-order chi connectivity index (χ0) is 12.6. The van der Waals surface area contributed by atoms with Crippen LogP contribution >= 0.6 is 0 Å². The van der Waals surface area contributed by atoms with Gasteiger partial charge < -0.3 is 15.4 Å². The molecule has 18 heavy (non-hydrogen) atoms. The van der Waals surface area contributed by atoms with E-state index in [4.69, 9.17) is 4.74 Å². The second-order valence-corrected chi connectivity index (χ2v) is 5.15. The summed E-state index contributed by atoms with van der Waals surface area (Å²) in [6.45, 7) is 6.67. The molecule has 1 unspecified atom stereocenters. The van der Waals surface area contributed by atoms with Gasteiger partial charge in [-0.3, -0.25) is 9.69 Å². The Morgan fingerprint density at radius 2 is 2.22 bits per heavy atom. The zero-order valence-electron chi connectivity index (χ0n) is 11.1. The lowest BCUT2D eigenvalue weighted by atomic mass is 10.1. The highest BCUT2D eigenvalue weighted by molar-refractivity contribution is 5.76. The number of nitrogens with zero attached hydrogens (tertiary/aromatic N) is 1. The van der Waals surface area contributed by atoms with E-state index in [0.29, 0.717) is 12.5 Å². The molecule has 104 valence electrons. The highest BCUT2D eigenvalue weighted by Crippen LogP contribution is 2.08. The molecule has 5 heteroatoms. The Balaban J connectivity index is 1.47. The summed E-state index contributed by atoms with van der Waals surface area (Å²) in [4.78, 5) is 14.1. The van der Waals surface area contributed by atoms with E-state index in [1.54, 1.807) is 0 Å². The van der Waals surface area contributed by atoms with Gasteiger partial charge >= 0.3 is 0 Å². The Hall–Kier alpha value is -0.650. The molecule has 0 spiro atoms. The maximum Gasteiger partial charge on any atom is 0.221 e. The smallest absolute Gasteiger partial charge is 0.221 e. The van der Waals surface area contributed by atoms with Gasteiger partial charge in [0.2, 0.25) is 5.91 Å². The van der Waals surface area contributed by atoms with Crippen LogP contribution in [0.5, 0.6) is 0 Å². The van der Waals surface area contributed by atoms with Crippen molar-refractivity contribution in [3.8, 4) is 0 Å². The molecule has 2 saturated heterocycles. The van der Waals surface area contributed by atoms with Crippen molar-refractivity contribution in [1.29, 1.82) is 0 Å². The van der Waals surface area contributed by atoms with E-state index in [1.807, 2.05) is 0 Å². The molecule has 5 nitrogen and oxygen atoms in total. The number of morpholine rings is 1. The number of carbonyl (C=O) groups excluding carboxylic acids is 1. The van der Waals surface area contributed by atoms with Crippen LogP contribution in [-0.2, 0) is 9.53 Å². The number of ether oxygens (including phenoxy) is 1. The van der Waals surface area contributed by atoms with E-state index in [-0.39, 0.29) is 5.91 Å². The summed E-state index contributed by atoms with van der Waals surface area (Å²) in [5.74, 6) is 0.191. The number of hydrogen-bond donors (Lipinski definition) is 2. The lowest BCUT2D eigenvalue weighted by Crippen LogP contribution is -2.38. The second-order valence-electron chi connectivity index (χ2n) is 5.15. The topological polar surface area (TPSA) is 53.6 Å². The molecule has 0 aromatic rings. The minimum Gasteiger partial charge on any atom is -0.379 e. The molecule has 2 heterocycles. The number of rotatable bonds is 6. The van der Waals surface area contributed by atoms with E-state index >= 15 is 0 Å². The van der Waals surface area contributed by atoms with Crippen LogP contribution < -0.4 is 10.6 Å². The first kappa shape index (κ1) is 13.8. The molecule has 0 saturated carbocycles. The van der Waals surface area contributed by atoms with Gasteiger partial charge in [-0.05, 0) is 32.4 Å². The maximum absolute atomic E-state index is 11.7. The maximum atomic E-state index is 11.7. The predicted octanol–water partition coefficient (Wildman–Crippen LogP) is -0.0330. The van der Waals surface area contributed by atoms with Crippen molar-refractivity contribution in [2.24, 2.45) is 0 Å². The van der Waals surface area contributed by atoms with Gasteiger partial charge in [0.05, 0.1) is 13.2 Å². The first-order valence-electron chi connectivity index (χ1n) is 7.15. The molecule has 0 aromatic heterocycles. The van der Waals surface area contributed by atoms with Gasteiger partial charge in [0, 0.05) is 32.1 Å². The molecule has 2 rings (SSSR count). The van der Waals surface area contributed by atoms with Crippen molar-refractivity contribution in [3.63, 3.8) is 0 Å². The molecule has 0 aliphatic carbocycles. The minimum atomic E-state index is 0.191. The monoisotopic (exact) mass is 255 g/mol. The summed E-state index contributed by atoms with van der Waals surface area (Å²) in [6.07, 6.45) is 4.01. The van der Waals surface area contributed by atoms with Crippen LogP contribution in [0.3, 0.4) is 0 Å². The van der Waals surface area contributed by atoms with Gasteiger partial charge in [0.1, 0.15) is 0 Å². The van der Waals surface area contributed by atoms with Gasteiger partial charge in [0.15, 0.2) is 0 Å². The third kappa shape index (κ3) is 4.92. The van der Waals surface area contributed by atoms with Crippen molar-refractivity contribution in [1.82, 2.24) is 15.5 Å². The quantitative estimate of drug-likeness (QED) is 0.654. The summed E-state index contributed by atoms with van der Waals surface area (Å²) in [5.41, 5.74) is 0. The van der Waals surface area contributed by atoms with E-state index in [1.165, 1.54) is 6.42 Å². The first-order valence-corrected chi connectivity index (χ1v) is 7.15. The highest BCUT2D eigenvalue weighted by Gasteiger charge is 2.17. The highest BCUT2D eigenvalue weighted by atomic mass is 16.5. The van der Waals surface area contributed by atoms with E-state index in [9.17, 15) is 4.79 Å². The Kier molecular flexibility index (Phi) is 5.90. The standard InChI is InChI=1S/C13H25N3O2/c17-13(11-12-3-1-4-14-12)15-5-2-6-16-7-9-18-10-8-16/h12,14H,1-11H2,(H,15,17). The van der Waals surface area contributed by atoms with Gasteiger partial charge in [-0.2, -0.15) is 0 Å². The van der Waals surface area contributed by atoms with Crippen LogP contribution in [0.15, 0.2) is 0 Å². The predicted molar refractivity (Wildman–Crippen MR) is 70.5 cm³/mol. The van der Waals surface area contributed by atoms with Crippen molar-refractivity contribution in [2.75, 3.05) is 45.9 Å². The fourth-order valence-corrected chi connectivity index (χ4v) is 2.58. The fourth-order valence-electron chi connectivity index (χ4n) is 2.58. The summed E-state index contributed by atoms with van der Waals surface area (Å²) in [7, 11) is 0. The number of amides is 1. The number of hydrogen-bond acceptors (Lipinski definition) is 4. The summed E-state index contributed by atoms with van der Waals surface area (Å²) >= 11 is 0. The normalized spacial score (nSPS) is 25.2. The van der Waals surface area contributed by atoms with E-state index in [2.05, 4.69) is 15.5 Å². The van der Waals surface area contributed by atoms with Crippen LogP contribution in [0, 0.1) is 0 Å². The molecule has 2 aliphatic rings. The molecule has 1 atom stereocenters. The zero-order valence-corrected chi connectivity index (χ0v) is 11.1. The molecular weight excluding hydrogens is 230 g/mol. The minimum absolute atomic E-state index is 0.191. The summed E-state index contributed by atoms with van der Waals surface area (Å²) in [6, 6.07) is 0.407. The van der Waals surface area contributed by atoms with E-state index < -0.39 is 0 Å². The van der Waals surface area contributed by atoms with Crippen molar-refractivity contribution >= 4 is 5.91 Å². The average molecular weight is 255 g/mol. The number of carbonyl (C=O) groups is 1. The lowest BCUT2D eigenvalue weighted by Gasteiger charge is -2.26. The molecule has 0 aromatic carbocycles. The van der Waals surface area contributed by atoms with Crippen LogP contribution in [0.25, 0.3) is 0 Å². The number of nitrogens with one attached hydrogen (secondary N) is 2. The fraction of sp³-hybridized carbons (Fsp3) is 0.923. The molecule has 2 fully saturated rings. The Morgan fingerprint density at radius 1 is 1.39 bits per heavy atom. The van der Waals surface area contributed by atoms with Crippen LogP contribution in [-0.4, -0.2) is 62.8 Å². The molecule has 1 amide bonds. The third-order valence-corrected chi connectivity index (χ3v) is 3.67. The van der Waals surface area contributed by atoms with Gasteiger partial charge in [-0.1, -0.05) is 0 Å². The summed E-state index contributed by atoms with van der Waals surface area (Å²) < 4.78 is 5.30. The largest absolute Gasteiger partial charge is 0.379 e. The third-order valence-electron chi connectivity index (χ3n) is 3.67. The Labute approximate surface area is 109 Å². The van der Waals surface area contributed by atoms with Crippen molar-refractivity contribution < 1.29 is 9.53 Å². The van der Waals surface area contributed by atoms with Crippen molar-refractivity contribution in [3.05, 3.63) is 0 Å². The Bertz CT molecular complexity index is 249. The average Bonchev–Trinajstić information content (AvgIpc) is 2.89. The van der Waals surface area contributed by atoms with Crippen molar-refractivity contribution in [2.45, 2.75) is 31.7 Å². The van der Waals surface area contributed by atoms with Gasteiger partial charge in [0.25, 0.3) is 0 Å². The van der Waals surface area contributed by atoms with Gasteiger partial charge in [-0.25, -0.2) is 0 Å². The molecular formula is C13H25N3O2. The molecule has 0 radical (unpaired) electrons. The van der Waals surface area contributed by atoms with Gasteiger partial charge in [-0.15, -0.1) is 0 Å². The lowest BCUT2D eigenvalue weighted by molar-refractivity contribution is -0.121. The SMILES string of the molecule is O=C(CC1CCCN1)NCCCN1CCOCC1. The Morgan fingerprint density at radius 3 is 2.94 bits per heavy atom. The van der Waals surface area contributed by atoms with Crippen LogP contribution in [0.4, 0.5) is 0 Å². The van der Waals surface area contributed by atoms with Crippen LogP contribution in [0.2, 0.25) is 0 Å². The molecule has 2 N–H and O–H groups in total. The molecule has 2 aliphatic heterocycles. The van der Waals surface area contributed by atoms with E-state index in [0.717, 1.165) is 58.8 Å². The molecule has 0 bridgehead atoms. The summed E-state index contributed by atoms with van der Waals surface area (Å²) in [5, 5.41) is 6.36.